The molecule has 18 nitrogen and oxygen atoms in total. The van der Waals surface area contributed by atoms with E-state index in [2.05, 4.69) is 10.6 Å². The lowest BCUT2D eigenvalue weighted by molar-refractivity contribution is -0.698. The van der Waals surface area contributed by atoms with Crippen molar-refractivity contribution in [3.8, 4) is 0 Å². The van der Waals surface area contributed by atoms with E-state index in [1.54, 1.807) is 125 Å². The van der Waals surface area contributed by atoms with Gasteiger partial charge >= 0.3 is 35.8 Å². The van der Waals surface area contributed by atoms with Gasteiger partial charge in [0.1, 0.15) is 51.3 Å². The van der Waals surface area contributed by atoms with Crippen molar-refractivity contribution in [1.29, 1.82) is 0 Å². The van der Waals surface area contributed by atoms with Gasteiger partial charge in [-0.1, -0.05) is 0 Å². The Labute approximate surface area is 422 Å². The summed E-state index contributed by atoms with van der Waals surface area (Å²) in [7, 11) is 0. The molecule has 404 valence electrons. The second-order valence-corrected chi connectivity index (χ2v) is 24.3. The maximum absolute atomic E-state index is 14.8. The lowest BCUT2D eigenvalue weighted by Gasteiger charge is -2.36. The molecular formula is C53H88N3O15+. The Hall–Kier alpha value is -5.13. The molecule has 71 heavy (non-hydrogen) atoms. The molecule has 0 aromatic carbocycles. The molecule has 0 aliphatic carbocycles. The van der Waals surface area contributed by atoms with Gasteiger partial charge in [-0.25, -0.2) is 4.57 Å². The zero-order valence-corrected chi connectivity index (χ0v) is 46.2. The minimum Gasteiger partial charge on any atom is -0.460 e. The Balaban J connectivity index is 4.06. The van der Waals surface area contributed by atoms with E-state index in [-0.39, 0.29) is 94.7 Å². The third-order valence-corrected chi connectivity index (χ3v) is 9.93. The summed E-state index contributed by atoms with van der Waals surface area (Å²) >= 11 is 0. The van der Waals surface area contributed by atoms with E-state index in [4.69, 9.17) is 28.4 Å². The van der Waals surface area contributed by atoms with Crippen molar-refractivity contribution in [3.63, 3.8) is 0 Å². The van der Waals surface area contributed by atoms with Gasteiger partial charge < -0.3 is 44.2 Å². The number of carbonyl (C=O) groups excluding carboxylic acids is 8. The van der Waals surface area contributed by atoms with Crippen molar-refractivity contribution in [2.75, 3.05) is 6.61 Å². The molecule has 0 aliphatic heterocycles. The highest BCUT2D eigenvalue weighted by molar-refractivity contribution is 5.99. The molecule has 0 spiro atoms. The molecule has 1 aromatic heterocycles. The molecule has 3 N–H and O–H groups in total. The molecule has 18 heteroatoms. The number of hydrogen-bond acceptors (Lipinski definition) is 15. The van der Waals surface area contributed by atoms with Crippen LogP contribution in [-0.4, -0.2) is 104 Å². The zero-order chi connectivity index (χ0) is 55.0. The summed E-state index contributed by atoms with van der Waals surface area (Å²) in [5, 5.41) is 16.1. The quantitative estimate of drug-likeness (QED) is 0.0512. The topological polar surface area (TPSA) is 240 Å². The predicted octanol–water partition coefficient (Wildman–Crippen LogP) is 7.64. The van der Waals surface area contributed by atoms with E-state index in [1.807, 2.05) is 0 Å². The van der Waals surface area contributed by atoms with E-state index in [0.717, 1.165) is 0 Å². The molecule has 0 bridgehead atoms. The number of rotatable bonds is 24. The Morgan fingerprint density at radius 1 is 0.394 bits per heavy atom. The monoisotopic (exact) mass is 1010 g/mol. The van der Waals surface area contributed by atoms with Crippen molar-refractivity contribution in [3.05, 3.63) is 29.6 Å². The number of pyridine rings is 1. The number of ether oxygens (including phenoxy) is 6. The van der Waals surface area contributed by atoms with Crippen molar-refractivity contribution in [2.45, 2.75) is 253 Å². The highest BCUT2D eigenvalue weighted by Crippen LogP contribution is 2.31. The number of aliphatic hydroxyl groups is 1. The van der Waals surface area contributed by atoms with Crippen LogP contribution in [0, 0.1) is 0 Å². The smallest absolute Gasteiger partial charge is 0.306 e. The molecular weight excluding hydrogens is 919 g/mol. The fraction of sp³-hybridized carbons (Fsp3) is 0.755. The van der Waals surface area contributed by atoms with Crippen LogP contribution in [0.3, 0.4) is 0 Å². The fourth-order valence-electron chi connectivity index (χ4n) is 7.28. The van der Waals surface area contributed by atoms with Gasteiger partial charge in [0.2, 0.25) is 0 Å². The first kappa shape index (κ1) is 63.9. The summed E-state index contributed by atoms with van der Waals surface area (Å²) in [6.07, 6.45) is 1.04. The highest BCUT2D eigenvalue weighted by Gasteiger charge is 2.39. The van der Waals surface area contributed by atoms with Crippen LogP contribution in [0.25, 0.3) is 0 Å². The largest absolute Gasteiger partial charge is 0.460 e. The minimum absolute atomic E-state index is 0.0659. The third-order valence-electron chi connectivity index (χ3n) is 9.93. The second-order valence-electron chi connectivity index (χ2n) is 24.3. The van der Waals surface area contributed by atoms with Gasteiger partial charge in [-0.05, 0) is 169 Å². The molecule has 0 aliphatic rings. The Morgan fingerprint density at radius 3 is 0.761 bits per heavy atom. The molecule has 1 aromatic rings. The maximum atomic E-state index is 14.8. The van der Waals surface area contributed by atoms with E-state index in [1.165, 1.54) is 23.0 Å². The van der Waals surface area contributed by atoms with E-state index in [0.29, 0.717) is 0 Å². The SMILES string of the molecule is CC(C)(C)OC(=O)CCC(CCC(=O)OC(C)(C)C)(CCC(=O)OC(C)(C)C)NC(=O)c1cc(C(=O)NC(CCC(=O)OC(C)(C)C)(CCC(=O)OC(C)(C)C)CCC(=O)OC(C)(C)C)c[n+](CCO)c1. The lowest BCUT2D eigenvalue weighted by atomic mass is 9.83. The van der Waals surface area contributed by atoms with Crippen LogP contribution in [0.15, 0.2) is 18.5 Å². The Bertz CT molecular complexity index is 1710. The average molecular weight is 1010 g/mol. The van der Waals surface area contributed by atoms with Crippen LogP contribution in [0.4, 0.5) is 0 Å². The Kier molecular flexibility index (Phi) is 23.4. The highest BCUT2D eigenvalue weighted by atomic mass is 16.6. The number of nitrogens with one attached hydrogen (secondary N) is 2. The molecule has 0 unspecified atom stereocenters. The molecule has 1 heterocycles. The van der Waals surface area contributed by atoms with Gasteiger partial charge in [0.25, 0.3) is 11.8 Å². The summed E-state index contributed by atoms with van der Waals surface area (Å²) in [4.78, 5) is 109. The molecule has 2 amide bonds. The van der Waals surface area contributed by atoms with E-state index < -0.39 is 98.9 Å². The van der Waals surface area contributed by atoms with Crippen molar-refractivity contribution >= 4 is 47.6 Å². The standard InChI is InChI=1S/C53H87N3O15/c1-46(2,3)66-38(58)19-25-52(26-20-39(59)67-47(4,5)6,27-21-40(60)68-48(7,8)9)54-44(64)36-33-37(35-56(34-36)31-32-57)45(65)55-53(28-22-41(61)69-49(10,11)12,29-23-42(62)70-50(13,14)15)30-24-43(63)71-51(16,17)18/h33-35,57H,19-32H2,1-18H3,(H-,54,55,64,65)/p+1. The first-order valence-electron chi connectivity index (χ1n) is 24.6. The minimum atomic E-state index is -1.43. The van der Waals surface area contributed by atoms with Crippen LogP contribution < -0.4 is 15.2 Å². The zero-order valence-electron chi connectivity index (χ0n) is 46.2. The van der Waals surface area contributed by atoms with E-state index >= 15 is 0 Å². The van der Waals surface area contributed by atoms with Gasteiger partial charge in [-0.2, -0.15) is 0 Å². The summed E-state index contributed by atoms with van der Waals surface area (Å²) < 4.78 is 35.0. The van der Waals surface area contributed by atoms with Gasteiger partial charge in [0.05, 0.1) is 0 Å². The summed E-state index contributed by atoms with van der Waals surface area (Å²) in [5.41, 5.74) is -8.04. The van der Waals surface area contributed by atoms with Crippen molar-refractivity contribution in [1.82, 2.24) is 10.6 Å². The second kappa shape index (κ2) is 26.0. The van der Waals surface area contributed by atoms with Crippen LogP contribution in [0.2, 0.25) is 0 Å². The summed E-state index contributed by atoms with van der Waals surface area (Å²) in [5.74, 6) is -5.02. The summed E-state index contributed by atoms with van der Waals surface area (Å²) in [6.45, 7) is 30.3. The van der Waals surface area contributed by atoms with Crippen LogP contribution in [0.5, 0.6) is 0 Å². The molecule has 0 saturated carbocycles. The lowest BCUT2D eigenvalue weighted by Crippen LogP contribution is -2.51. The number of esters is 6. The number of aliphatic hydroxyl groups excluding tert-OH is 1. The van der Waals surface area contributed by atoms with Gasteiger partial charge in [0, 0.05) is 49.6 Å². The van der Waals surface area contributed by atoms with Gasteiger partial charge in [-0.15, -0.1) is 0 Å². The number of carbonyl (C=O) groups is 8. The first-order valence-corrected chi connectivity index (χ1v) is 24.6. The normalized spacial score (nSPS) is 12.8. The fourth-order valence-corrected chi connectivity index (χ4v) is 7.28. The molecule has 1 rings (SSSR count). The van der Waals surface area contributed by atoms with Crippen LogP contribution in [-0.2, 0) is 63.7 Å². The molecule has 0 atom stereocenters. The maximum Gasteiger partial charge on any atom is 0.306 e. The first-order chi connectivity index (χ1) is 32.0. The van der Waals surface area contributed by atoms with Crippen LogP contribution >= 0.6 is 0 Å². The average Bonchev–Trinajstić information content (AvgIpc) is 3.15. The molecule has 0 saturated heterocycles. The van der Waals surface area contributed by atoms with Gasteiger partial charge in [0.15, 0.2) is 18.9 Å². The van der Waals surface area contributed by atoms with Crippen molar-refractivity contribution in [2.24, 2.45) is 0 Å². The number of nitrogens with zero attached hydrogens (tertiary/aromatic N) is 1. The third kappa shape index (κ3) is 29.1. The number of aromatic nitrogens is 1. The van der Waals surface area contributed by atoms with Gasteiger partial charge in [-0.3, -0.25) is 38.4 Å². The number of hydrogen-bond donors (Lipinski definition) is 3. The molecule has 0 radical (unpaired) electrons. The van der Waals surface area contributed by atoms with Crippen LogP contribution in [0.1, 0.15) is 222 Å². The molecule has 0 fully saturated rings. The van der Waals surface area contributed by atoms with Crippen molar-refractivity contribution < 1.29 is 76.5 Å². The Morgan fingerprint density at radius 2 is 0.592 bits per heavy atom. The predicted molar refractivity (Wildman–Crippen MR) is 265 cm³/mol. The van der Waals surface area contributed by atoms with E-state index in [9.17, 15) is 43.5 Å². The summed E-state index contributed by atoms with van der Waals surface area (Å²) in [6, 6.07) is 1.30. The number of amides is 2.